The van der Waals surface area contributed by atoms with Gasteiger partial charge in [-0.3, -0.25) is 4.98 Å². The monoisotopic (exact) mass is 412 g/mol. The fourth-order valence-corrected chi connectivity index (χ4v) is 4.91. The summed E-state index contributed by atoms with van der Waals surface area (Å²) in [5.41, 5.74) is 7.02. The number of halogens is 2. The summed E-state index contributed by atoms with van der Waals surface area (Å²) < 4.78 is 7.23. The summed E-state index contributed by atoms with van der Waals surface area (Å²) in [7, 11) is 0. The molecule has 2 bridgehead atoms. The molecule has 2 aromatic rings. The highest BCUT2D eigenvalue weighted by Crippen LogP contribution is 2.51. The van der Waals surface area contributed by atoms with E-state index in [-0.39, 0.29) is 12.0 Å². The highest BCUT2D eigenvalue weighted by molar-refractivity contribution is 9.11. The summed E-state index contributed by atoms with van der Waals surface area (Å²) in [4.78, 5) is 8.90. The molecule has 0 amide bonds. The number of aromatic nitrogens is 3. The van der Waals surface area contributed by atoms with Crippen LogP contribution in [0, 0.1) is 11.8 Å². The molecule has 2 aliphatic carbocycles. The van der Waals surface area contributed by atoms with Crippen LogP contribution >= 0.6 is 31.9 Å². The van der Waals surface area contributed by atoms with E-state index >= 15 is 0 Å². The summed E-state index contributed by atoms with van der Waals surface area (Å²) in [5.74, 6) is 2.60. The molecule has 2 saturated carbocycles. The summed E-state index contributed by atoms with van der Waals surface area (Å²) in [6.07, 6.45) is 5.38. The van der Waals surface area contributed by atoms with Crippen molar-refractivity contribution in [1.29, 1.82) is 0 Å². The van der Waals surface area contributed by atoms with Gasteiger partial charge in [0.1, 0.15) is 5.69 Å². The zero-order valence-electron chi connectivity index (χ0n) is 11.2. The maximum atomic E-state index is 6.34. The van der Waals surface area contributed by atoms with Gasteiger partial charge in [-0.1, -0.05) is 5.16 Å². The van der Waals surface area contributed by atoms with Gasteiger partial charge in [-0.25, -0.2) is 0 Å². The minimum atomic E-state index is 0.151. The van der Waals surface area contributed by atoms with Crippen LogP contribution in [-0.2, 0) is 0 Å². The maximum absolute atomic E-state index is 6.34. The highest BCUT2D eigenvalue weighted by Gasteiger charge is 2.48. The van der Waals surface area contributed by atoms with Crippen LogP contribution in [0.3, 0.4) is 0 Å². The Balaban J connectivity index is 1.67. The first kappa shape index (κ1) is 13.8. The summed E-state index contributed by atoms with van der Waals surface area (Å²) in [6.45, 7) is 0. The smallest absolute Gasteiger partial charge is 0.231 e. The van der Waals surface area contributed by atoms with Gasteiger partial charge >= 0.3 is 0 Å². The van der Waals surface area contributed by atoms with Gasteiger partial charge in [0.2, 0.25) is 11.7 Å². The van der Waals surface area contributed by atoms with E-state index in [1.807, 2.05) is 6.07 Å². The molecule has 0 radical (unpaired) electrons. The predicted molar refractivity (Wildman–Crippen MR) is 84.5 cm³/mol. The zero-order valence-corrected chi connectivity index (χ0v) is 14.3. The van der Waals surface area contributed by atoms with Gasteiger partial charge < -0.3 is 10.3 Å². The van der Waals surface area contributed by atoms with Gasteiger partial charge in [-0.05, 0) is 69.0 Å². The van der Waals surface area contributed by atoms with Crippen LogP contribution in [-0.4, -0.2) is 21.2 Å². The van der Waals surface area contributed by atoms with E-state index in [0.717, 1.165) is 8.95 Å². The lowest BCUT2D eigenvalue weighted by molar-refractivity contribution is 0.279. The molecular weight excluding hydrogens is 400 g/mol. The Morgan fingerprint density at radius 2 is 2.05 bits per heavy atom. The van der Waals surface area contributed by atoms with Crippen LogP contribution in [0.4, 0.5) is 0 Å². The first-order valence-corrected chi connectivity index (χ1v) is 8.62. The largest absolute Gasteiger partial charge is 0.339 e. The summed E-state index contributed by atoms with van der Waals surface area (Å²) >= 11 is 6.87. The van der Waals surface area contributed by atoms with E-state index in [0.29, 0.717) is 29.2 Å². The third kappa shape index (κ3) is 2.26. The van der Waals surface area contributed by atoms with E-state index < -0.39 is 0 Å². The molecule has 7 heteroatoms. The Morgan fingerprint density at radius 1 is 1.24 bits per heavy atom. The van der Waals surface area contributed by atoms with Crippen molar-refractivity contribution in [2.24, 2.45) is 17.6 Å². The molecule has 110 valence electrons. The van der Waals surface area contributed by atoms with E-state index in [1.54, 1.807) is 6.20 Å². The minimum Gasteiger partial charge on any atom is -0.339 e. The van der Waals surface area contributed by atoms with Crippen LogP contribution in [0.15, 0.2) is 25.7 Å². The molecule has 2 heterocycles. The summed E-state index contributed by atoms with van der Waals surface area (Å²) in [5, 5.41) is 4.09. The van der Waals surface area contributed by atoms with Crippen LogP contribution in [0.2, 0.25) is 0 Å². The molecular formula is C14H14Br2N4O. The van der Waals surface area contributed by atoms with Gasteiger partial charge in [0.15, 0.2) is 0 Å². The lowest BCUT2D eigenvalue weighted by Gasteiger charge is -2.24. The number of fused-ring (bicyclic) bond motifs is 2. The molecule has 2 fully saturated rings. The van der Waals surface area contributed by atoms with Crippen molar-refractivity contribution in [1.82, 2.24) is 15.1 Å². The quantitative estimate of drug-likeness (QED) is 0.814. The molecule has 0 aliphatic heterocycles. The molecule has 21 heavy (non-hydrogen) atoms. The lowest BCUT2D eigenvalue weighted by atomic mass is 9.85. The second-order valence-corrected chi connectivity index (χ2v) is 7.65. The van der Waals surface area contributed by atoms with Crippen LogP contribution in [0.1, 0.15) is 31.1 Å². The van der Waals surface area contributed by atoms with E-state index in [4.69, 9.17) is 10.3 Å². The van der Waals surface area contributed by atoms with Crippen LogP contribution in [0.5, 0.6) is 0 Å². The molecule has 4 atom stereocenters. The van der Waals surface area contributed by atoms with Crippen molar-refractivity contribution in [3.8, 4) is 11.5 Å². The predicted octanol–water partition coefficient (Wildman–Crippen LogP) is 3.50. The molecule has 2 aromatic heterocycles. The molecule has 2 N–H and O–H groups in total. The Bertz CT molecular complexity index is 687. The average molecular weight is 414 g/mol. The SMILES string of the molecule is NC1C2CCC(C2)C1c1nc(-c2ncc(Br)cc2Br)no1. The third-order valence-electron chi connectivity index (χ3n) is 4.73. The van der Waals surface area contributed by atoms with Crippen molar-refractivity contribution in [3.05, 3.63) is 27.1 Å². The molecule has 4 rings (SSSR count). The van der Waals surface area contributed by atoms with Crippen molar-refractivity contribution in [2.45, 2.75) is 31.2 Å². The number of hydrogen-bond donors (Lipinski definition) is 1. The minimum absolute atomic E-state index is 0.151. The molecule has 0 saturated heterocycles. The second-order valence-electron chi connectivity index (χ2n) is 5.88. The normalized spacial score (nSPS) is 31.0. The van der Waals surface area contributed by atoms with E-state index in [9.17, 15) is 0 Å². The molecule has 5 nitrogen and oxygen atoms in total. The van der Waals surface area contributed by atoms with Crippen LogP contribution < -0.4 is 5.73 Å². The van der Waals surface area contributed by atoms with Crippen molar-refractivity contribution in [3.63, 3.8) is 0 Å². The van der Waals surface area contributed by atoms with Crippen molar-refractivity contribution >= 4 is 31.9 Å². The van der Waals surface area contributed by atoms with Gasteiger partial charge in [0.05, 0.1) is 5.92 Å². The average Bonchev–Trinajstić information content (AvgIpc) is 3.13. The maximum Gasteiger partial charge on any atom is 0.231 e. The fraction of sp³-hybridized carbons (Fsp3) is 0.500. The first-order chi connectivity index (χ1) is 10.1. The fourth-order valence-electron chi connectivity index (χ4n) is 3.75. The highest BCUT2D eigenvalue weighted by atomic mass is 79.9. The Hall–Kier alpha value is -0.790. The van der Waals surface area contributed by atoms with Gasteiger partial charge in [-0.15, -0.1) is 0 Å². The molecule has 0 aromatic carbocycles. The number of nitrogens with two attached hydrogens (primary N) is 1. The molecule has 0 spiro atoms. The third-order valence-corrected chi connectivity index (χ3v) is 5.77. The molecule has 2 aliphatic rings. The second kappa shape index (κ2) is 5.14. The van der Waals surface area contributed by atoms with Gasteiger partial charge in [0.25, 0.3) is 0 Å². The number of hydrogen-bond acceptors (Lipinski definition) is 5. The first-order valence-electron chi connectivity index (χ1n) is 7.04. The summed E-state index contributed by atoms with van der Waals surface area (Å²) in [6, 6.07) is 2.07. The number of rotatable bonds is 2. The van der Waals surface area contributed by atoms with Crippen molar-refractivity contribution in [2.75, 3.05) is 0 Å². The Morgan fingerprint density at radius 3 is 2.76 bits per heavy atom. The van der Waals surface area contributed by atoms with Crippen LogP contribution in [0.25, 0.3) is 11.5 Å². The van der Waals surface area contributed by atoms with Gasteiger partial charge in [-0.2, -0.15) is 4.98 Å². The number of pyridine rings is 1. The standard InChI is InChI=1S/C14H14Br2N4O/c15-8-4-9(16)12(18-5-8)13-19-14(21-20-13)10-6-1-2-7(3-6)11(10)17/h4-7,10-11H,1-3,17H2. The van der Waals surface area contributed by atoms with Crippen molar-refractivity contribution < 1.29 is 4.52 Å². The van der Waals surface area contributed by atoms with E-state index in [1.165, 1.54) is 19.3 Å². The Labute approximate surface area is 139 Å². The lowest BCUT2D eigenvalue weighted by Crippen LogP contribution is -2.34. The van der Waals surface area contributed by atoms with Gasteiger partial charge in [0, 0.05) is 21.2 Å². The number of nitrogens with zero attached hydrogens (tertiary/aromatic N) is 3. The topological polar surface area (TPSA) is 77.8 Å². The zero-order chi connectivity index (χ0) is 14.6. The van der Waals surface area contributed by atoms with E-state index in [2.05, 4.69) is 47.0 Å². The molecule has 4 unspecified atom stereocenters. The Kier molecular flexibility index (Phi) is 3.39.